The maximum Gasteiger partial charge on any atom is 0.251 e. The van der Waals surface area contributed by atoms with Gasteiger partial charge in [0.15, 0.2) is 0 Å². The van der Waals surface area contributed by atoms with Crippen molar-refractivity contribution in [2.24, 2.45) is 0 Å². The van der Waals surface area contributed by atoms with Gasteiger partial charge in [0.1, 0.15) is 5.01 Å². The second kappa shape index (κ2) is 6.45. The molecule has 0 aliphatic heterocycles. The molecule has 0 atom stereocenters. The third kappa shape index (κ3) is 3.87. The smallest absolute Gasteiger partial charge is 0.251 e. The van der Waals surface area contributed by atoms with Gasteiger partial charge in [-0.1, -0.05) is 12.1 Å². The zero-order chi connectivity index (χ0) is 13.7. The molecule has 0 aliphatic rings. The highest BCUT2D eigenvalue weighted by Gasteiger charge is 2.07. The van der Waals surface area contributed by atoms with E-state index in [0.29, 0.717) is 12.1 Å². The summed E-state index contributed by atoms with van der Waals surface area (Å²) in [6.07, 6.45) is 1.77. The van der Waals surface area contributed by atoms with Crippen LogP contribution in [0.25, 0.3) is 10.6 Å². The number of rotatable bonds is 5. The van der Waals surface area contributed by atoms with Crippen LogP contribution in [0.3, 0.4) is 0 Å². The van der Waals surface area contributed by atoms with Gasteiger partial charge in [-0.2, -0.15) is 0 Å². The highest BCUT2D eigenvalue weighted by molar-refractivity contribution is 7.13. The van der Waals surface area contributed by atoms with Crippen molar-refractivity contribution in [3.8, 4) is 10.6 Å². The Morgan fingerprint density at radius 3 is 2.95 bits per heavy atom. The fourth-order valence-corrected chi connectivity index (χ4v) is 2.29. The third-order valence-corrected chi connectivity index (χ3v) is 3.47. The number of hydrogen-bond acceptors (Lipinski definition) is 4. The second-order valence-corrected chi connectivity index (χ2v) is 5.37. The topological polar surface area (TPSA) is 45.2 Å². The molecule has 0 saturated carbocycles. The van der Waals surface area contributed by atoms with E-state index in [4.69, 9.17) is 0 Å². The summed E-state index contributed by atoms with van der Waals surface area (Å²) >= 11 is 1.57. The van der Waals surface area contributed by atoms with Crippen LogP contribution in [0.2, 0.25) is 0 Å². The minimum absolute atomic E-state index is 0.0414. The van der Waals surface area contributed by atoms with Crippen molar-refractivity contribution in [1.29, 1.82) is 0 Å². The van der Waals surface area contributed by atoms with E-state index in [1.807, 2.05) is 48.6 Å². The van der Waals surface area contributed by atoms with E-state index in [9.17, 15) is 4.79 Å². The first-order valence-corrected chi connectivity index (χ1v) is 6.97. The first-order chi connectivity index (χ1) is 9.16. The molecule has 0 bridgehead atoms. The van der Waals surface area contributed by atoms with E-state index in [1.54, 1.807) is 17.5 Å². The highest BCUT2D eigenvalue weighted by Crippen LogP contribution is 2.22. The van der Waals surface area contributed by atoms with E-state index in [1.165, 1.54) is 0 Å². The summed E-state index contributed by atoms with van der Waals surface area (Å²) in [7, 11) is 3.96. The van der Waals surface area contributed by atoms with Crippen molar-refractivity contribution in [2.75, 3.05) is 27.2 Å². The van der Waals surface area contributed by atoms with E-state index >= 15 is 0 Å². The number of benzene rings is 1. The standard InChI is InChI=1S/C14H17N3OS/c1-17(2)8-6-15-13(18)11-4-3-5-12(10-11)14-16-7-9-19-14/h3-5,7,9-10H,6,8H2,1-2H3,(H,15,18). The molecule has 1 aromatic carbocycles. The summed E-state index contributed by atoms with van der Waals surface area (Å²) in [6.45, 7) is 1.48. The number of likely N-dealkylation sites (N-methyl/N-ethyl adjacent to an activating group) is 1. The summed E-state index contributed by atoms with van der Waals surface area (Å²) in [6, 6.07) is 7.55. The summed E-state index contributed by atoms with van der Waals surface area (Å²) in [5.74, 6) is -0.0414. The predicted molar refractivity (Wildman–Crippen MR) is 78.4 cm³/mol. The van der Waals surface area contributed by atoms with Gasteiger partial charge in [0.05, 0.1) is 0 Å². The van der Waals surface area contributed by atoms with Gasteiger partial charge in [0.25, 0.3) is 5.91 Å². The molecule has 1 aromatic heterocycles. The quantitative estimate of drug-likeness (QED) is 0.909. The molecule has 0 radical (unpaired) electrons. The average molecular weight is 275 g/mol. The van der Waals surface area contributed by atoms with Crippen LogP contribution in [-0.2, 0) is 0 Å². The zero-order valence-corrected chi connectivity index (χ0v) is 11.9. The van der Waals surface area contributed by atoms with Gasteiger partial charge in [-0.25, -0.2) is 4.98 Å². The van der Waals surface area contributed by atoms with Crippen LogP contribution in [0.4, 0.5) is 0 Å². The fraction of sp³-hybridized carbons (Fsp3) is 0.286. The van der Waals surface area contributed by atoms with Crippen molar-refractivity contribution >= 4 is 17.2 Å². The van der Waals surface area contributed by atoms with Crippen LogP contribution in [0.5, 0.6) is 0 Å². The Bertz CT molecular complexity index is 537. The SMILES string of the molecule is CN(C)CCNC(=O)c1cccc(-c2nccs2)c1. The van der Waals surface area contributed by atoms with Crippen molar-refractivity contribution in [1.82, 2.24) is 15.2 Å². The number of aromatic nitrogens is 1. The van der Waals surface area contributed by atoms with Crippen molar-refractivity contribution in [2.45, 2.75) is 0 Å². The molecule has 1 heterocycles. The van der Waals surface area contributed by atoms with Gasteiger partial charge >= 0.3 is 0 Å². The summed E-state index contributed by atoms with van der Waals surface area (Å²) < 4.78 is 0. The Balaban J connectivity index is 2.04. The molecular weight excluding hydrogens is 258 g/mol. The molecular formula is C14H17N3OS. The lowest BCUT2D eigenvalue weighted by Gasteiger charge is -2.10. The lowest BCUT2D eigenvalue weighted by molar-refractivity contribution is 0.0951. The van der Waals surface area contributed by atoms with Gasteiger partial charge in [-0.15, -0.1) is 11.3 Å². The maximum atomic E-state index is 12.0. The average Bonchev–Trinajstić information content (AvgIpc) is 2.92. The Hall–Kier alpha value is -1.72. The van der Waals surface area contributed by atoms with Gasteiger partial charge in [0, 0.05) is 35.8 Å². The monoisotopic (exact) mass is 275 g/mol. The minimum Gasteiger partial charge on any atom is -0.351 e. The molecule has 0 fully saturated rings. The largest absolute Gasteiger partial charge is 0.351 e. The summed E-state index contributed by atoms with van der Waals surface area (Å²) in [4.78, 5) is 18.3. The van der Waals surface area contributed by atoms with Crippen molar-refractivity contribution < 1.29 is 4.79 Å². The summed E-state index contributed by atoms with van der Waals surface area (Å²) in [5.41, 5.74) is 1.65. The molecule has 1 amide bonds. The molecule has 19 heavy (non-hydrogen) atoms. The van der Waals surface area contributed by atoms with Crippen molar-refractivity contribution in [3.05, 3.63) is 41.4 Å². The van der Waals surface area contributed by atoms with Crippen LogP contribution in [0.1, 0.15) is 10.4 Å². The summed E-state index contributed by atoms with van der Waals surface area (Å²) in [5, 5.41) is 5.77. The van der Waals surface area contributed by atoms with Gasteiger partial charge in [0.2, 0.25) is 0 Å². The molecule has 1 N–H and O–H groups in total. The molecule has 2 aromatic rings. The lowest BCUT2D eigenvalue weighted by atomic mass is 10.1. The molecule has 0 aliphatic carbocycles. The molecule has 4 nitrogen and oxygen atoms in total. The Morgan fingerprint density at radius 2 is 2.26 bits per heavy atom. The Morgan fingerprint density at radius 1 is 1.42 bits per heavy atom. The molecule has 0 spiro atoms. The van der Waals surface area contributed by atoms with Crippen LogP contribution >= 0.6 is 11.3 Å². The molecule has 5 heteroatoms. The maximum absolute atomic E-state index is 12.0. The lowest BCUT2D eigenvalue weighted by Crippen LogP contribution is -2.31. The van der Waals surface area contributed by atoms with Crippen LogP contribution in [-0.4, -0.2) is 43.0 Å². The minimum atomic E-state index is -0.0414. The normalized spacial score (nSPS) is 10.7. The third-order valence-electron chi connectivity index (χ3n) is 2.65. The van der Waals surface area contributed by atoms with Crippen LogP contribution < -0.4 is 5.32 Å². The van der Waals surface area contributed by atoms with Gasteiger partial charge < -0.3 is 10.2 Å². The Kier molecular flexibility index (Phi) is 4.65. The number of carbonyl (C=O) groups excluding carboxylic acids is 1. The molecule has 2 rings (SSSR count). The van der Waals surface area contributed by atoms with E-state index < -0.39 is 0 Å². The number of amides is 1. The number of hydrogen-bond donors (Lipinski definition) is 1. The predicted octanol–water partition coefficient (Wildman–Crippen LogP) is 2.10. The number of thiazole rings is 1. The van der Waals surface area contributed by atoms with Crippen molar-refractivity contribution in [3.63, 3.8) is 0 Å². The second-order valence-electron chi connectivity index (χ2n) is 4.48. The number of nitrogens with one attached hydrogen (secondary N) is 1. The highest BCUT2D eigenvalue weighted by atomic mass is 32.1. The van der Waals surface area contributed by atoms with Crippen LogP contribution in [0, 0.1) is 0 Å². The first-order valence-electron chi connectivity index (χ1n) is 6.09. The Labute approximate surface area is 117 Å². The fourth-order valence-electron chi connectivity index (χ4n) is 1.65. The molecule has 100 valence electrons. The van der Waals surface area contributed by atoms with Crippen LogP contribution in [0.15, 0.2) is 35.8 Å². The van der Waals surface area contributed by atoms with Gasteiger partial charge in [-0.3, -0.25) is 4.79 Å². The zero-order valence-electron chi connectivity index (χ0n) is 11.1. The molecule has 0 saturated heterocycles. The first kappa shape index (κ1) is 13.7. The van der Waals surface area contributed by atoms with E-state index in [-0.39, 0.29) is 5.91 Å². The van der Waals surface area contributed by atoms with E-state index in [2.05, 4.69) is 10.3 Å². The number of nitrogens with zero attached hydrogens (tertiary/aromatic N) is 2. The van der Waals surface area contributed by atoms with Gasteiger partial charge in [-0.05, 0) is 26.2 Å². The number of carbonyl (C=O) groups is 1. The molecule has 0 unspecified atom stereocenters. The van der Waals surface area contributed by atoms with E-state index in [0.717, 1.165) is 17.1 Å².